The zero-order valence-electron chi connectivity index (χ0n) is 15.7. The van der Waals surface area contributed by atoms with Crippen molar-refractivity contribution in [3.63, 3.8) is 0 Å². The van der Waals surface area contributed by atoms with Crippen molar-refractivity contribution in [1.29, 1.82) is 0 Å². The summed E-state index contributed by atoms with van der Waals surface area (Å²) in [7, 11) is 0. The predicted molar refractivity (Wildman–Crippen MR) is 94.2 cm³/mol. The van der Waals surface area contributed by atoms with Gasteiger partial charge in [0, 0.05) is 23.6 Å². The maximum Gasteiger partial charge on any atom is 0.334 e. The second-order valence-electron chi connectivity index (χ2n) is 7.47. The van der Waals surface area contributed by atoms with E-state index in [9.17, 15) is 19.5 Å². The summed E-state index contributed by atoms with van der Waals surface area (Å²) >= 11 is 0. The van der Waals surface area contributed by atoms with Gasteiger partial charge in [-0.2, -0.15) is 0 Å². The fourth-order valence-corrected chi connectivity index (χ4v) is 3.54. The Morgan fingerprint density at radius 2 is 2.19 bits per heavy atom. The first-order valence-electron chi connectivity index (χ1n) is 9.07. The van der Waals surface area contributed by atoms with Crippen LogP contribution in [0.3, 0.4) is 0 Å². The van der Waals surface area contributed by atoms with E-state index in [1.54, 1.807) is 19.9 Å². The molecule has 0 aromatic carbocycles. The molecular weight excluding hydrogens is 352 g/mol. The number of aliphatic hydroxyl groups excluding tert-OH is 1. The van der Waals surface area contributed by atoms with Crippen molar-refractivity contribution in [2.45, 2.75) is 51.4 Å². The number of ether oxygens (including phenoxy) is 3. The lowest BCUT2D eigenvalue weighted by atomic mass is 9.82. The lowest BCUT2D eigenvalue weighted by Crippen LogP contribution is -2.43. The van der Waals surface area contributed by atoms with E-state index in [0.717, 1.165) is 0 Å². The van der Waals surface area contributed by atoms with Crippen LogP contribution in [0.25, 0.3) is 0 Å². The fourth-order valence-electron chi connectivity index (χ4n) is 3.54. The number of esters is 2. The average molecular weight is 376 g/mol. The van der Waals surface area contributed by atoms with Gasteiger partial charge in [-0.1, -0.05) is 20.4 Å². The molecule has 1 fully saturated rings. The number of rotatable bonds is 4. The van der Waals surface area contributed by atoms with Gasteiger partial charge >= 0.3 is 11.9 Å². The maximum absolute atomic E-state index is 12.5. The van der Waals surface area contributed by atoms with Crippen molar-refractivity contribution >= 4 is 17.7 Å². The van der Waals surface area contributed by atoms with Crippen molar-refractivity contribution in [3.8, 4) is 0 Å². The van der Waals surface area contributed by atoms with Crippen molar-refractivity contribution in [3.05, 3.63) is 35.6 Å². The lowest BCUT2D eigenvalue weighted by molar-refractivity contribution is -0.161. The molecule has 0 unspecified atom stereocenters. The van der Waals surface area contributed by atoms with Crippen LogP contribution in [0.15, 0.2) is 35.6 Å². The van der Waals surface area contributed by atoms with Gasteiger partial charge in [0.2, 0.25) is 5.78 Å². The van der Waals surface area contributed by atoms with Crippen LogP contribution in [0, 0.1) is 11.8 Å². The molecule has 3 aliphatic rings. The number of ketones is 1. The Morgan fingerprint density at radius 1 is 1.48 bits per heavy atom. The highest BCUT2D eigenvalue weighted by Crippen LogP contribution is 2.42. The van der Waals surface area contributed by atoms with E-state index in [-0.39, 0.29) is 36.1 Å². The summed E-state index contributed by atoms with van der Waals surface area (Å²) < 4.78 is 16.9. The molecule has 0 saturated carbocycles. The second-order valence-corrected chi connectivity index (χ2v) is 7.47. The summed E-state index contributed by atoms with van der Waals surface area (Å²) in [6.07, 6.45) is 1.93. The summed E-state index contributed by atoms with van der Waals surface area (Å²) in [5.74, 6) is -2.02. The van der Waals surface area contributed by atoms with Gasteiger partial charge in [-0.05, 0) is 19.4 Å². The van der Waals surface area contributed by atoms with Gasteiger partial charge in [-0.15, -0.1) is 0 Å². The highest BCUT2D eigenvalue weighted by molar-refractivity contribution is 6.00. The maximum atomic E-state index is 12.5. The minimum absolute atomic E-state index is 0.0530. The van der Waals surface area contributed by atoms with Crippen LogP contribution in [0.1, 0.15) is 33.6 Å². The fraction of sp³-hybridized carbons (Fsp3) is 0.550. The third kappa shape index (κ3) is 3.32. The highest BCUT2D eigenvalue weighted by atomic mass is 16.6. The van der Waals surface area contributed by atoms with Crippen molar-refractivity contribution < 1.29 is 33.7 Å². The zero-order chi connectivity index (χ0) is 19.9. The van der Waals surface area contributed by atoms with Gasteiger partial charge in [-0.3, -0.25) is 9.59 Å². The van der Waals surface area contributed by atoms with E-state index >= 15 is 0 Å². The molecule has 0 aromatic heterocycles. The van der Waals surface area contributed by atoms with E-state index in [4.69, 9.17) is 14.2 Å². The molecule has 0 amide bonds. The van der Waals surface area contributed by atoms with E-state index < -0.39 is 35.7 Å². The molecule has 1 N–H and O–H groups in total. The smallest absolute Gasteiger partial charge is 0.334 e. The van der Waals surface area contributed by atoms with Gasteiger partial charge in [0.05, 0.1) is 18.4 Å². The molecule has 3 heterocycles. The molecule has 0 radical (unpaired) electrons. The SMILES string of the molecule is C=C1C(=O)O[C@@H]2/C=C(/CO)C3=CC(=O)[C@@](C)(C[C@@H](OC(=O)[C@H](C)CC)[C@@H]12)O3. The first-order valence-corrected chi connectivity index (χ1v) is 9.07. The molecule has 27 heavy (non-hydrogen) atoms. The zero-order valence-corrected chi connectivity index (χ0v) is 15.7. The number of carbonyl (C=O) groups excluding carboxylic acids is 3. The first kappa shape index (κ1) is 19.4. The van der Waals surface area contributed by atoms with Crippen LogP contribution in [-0.4, -0.2) is 47.2 Å². The largest absolute Gasteiger partial charge is 0.479 e. The molecule has 7 heteroatoms. The molecular formula is C20H24O7. The molecule has 146 valence electrons. The lowest BCUT2D eigenvalue weighted by Gasteiger charge is -2.32. The predicted octanol–water partition coefficient (Wildman–Crippen LogP) is 1.61. The van der Waals surface area contributed by atoms with E-state index in [1.807, 2.05) is 6.92 Å². The summed E-state index contributed by atoms with van der Waals surface area (Å²) in [6, 6.07) is 0. The molecule has 5 atom stereocenters. The summed E-state index contributed by atoms with van der Waals surface area (Å²) in [5.41, 5.74) is -0.734. The Balaban J connectivity index is 2.05. The van der Waals surface area contributed by atoms with Crippen LogP contribution >= 0.6 is 0 Å². The van der Waals surface area contributed by atoms with Crippen LogP contribution in [0.2, 0.25) is 0 Å². The van der Waals surface area contributed by atoms with Gasteiger partial charge in [-0.25, -0.2) is 4.79 Å². The minimum Gasteiger partial charge on any atom is -0.479 e. The normalized spacial score (nSPS) is 35.6. The standard InChI is InChI=1S/C20H24O7/c1-5-10(2)18(23)26-15-8-20(4)16(22)7-13(27-20)12(9-21)6-14-17(15)11(3)19(24)25-14/h6-7,10,14-15,17,21H,3,5,8-9H2,1-2,4H3/b12-6-/t10-,14-,15-,17+,20-/m1/s1. The quantitative estimate of drug-likeness (QED) is 0.588. The van der Waals surface area contributed by atoms with Crippen LogP contribution in [0.5, 0.6) is 0 Å². The van der Waals surface area contributed by atoms with Gasteiger partial charge in [0.15, 0.2) is 5.60 Å². The summed E-state index contributed by atoms with van der Waals surface area (Å²) in [4.78, 5) is 37.1. The van der Waals surface area contributed by atoms with Crippen molar-refractivity contribution in [2.75, 3.05) is 6.61 Å². The number of hydrogen-bond acceptors (Lipinski definition) is 7. The Hall–Kier alpha value is -2.41. The molecule has 0 spiro atoms. The van der Waals surface area contributed by atoms with Crippen molar-refractivity contribution in [1.82, 2.24) is 0 Å². The number of carbonyl (C=O) groups is 3. The molecule has 0 aliphatic carbocycles. The van der Waals surface area contributed by atoms with E-state index in [2.05, 4.69) is 6.58 Å². The molecule has 3 aliphatic heterocycles. The number of hydrogen-bond donors (Lipinski definition) is 1. The van der Waals surface area contributed by atoms with E-state index in [0.29, 0.717) is 12.0 Å². The number of aliphatic hydroxyl groups is 1. The Kier molecular flexibility index (Phi) is 4.99. The average Bonchev–Trinajstić information content (AvgIpc) is 3.08. The third-order valence-corrected chi connectivity index (χ3v) is 5.51. The summed E-state index contributed by atoms with van der Waals surface area (Å²) in [5, 5.41) is 9.71. The third-order valence-electron chi connectivity index (χ3n) is 5.51. The van der Waals surface area contributed by atoms with Gasteiger partial charge < -0.3 is 19.3 Å². The highest BCUT2D eigenvalue weighted by Gasteiger charge is 2.52. The second kappa shape index (κ2) is 6.96. The first-order chi connectivity index (χ1) is 12.7. The van der Waals surface area contributed by atoms with E-state index in [1.165, 1.54) is 6.08 Å². The van der Waals surface area contributed by atoms with Crippen molar-refractivity contribution in [2.24, 2.45) is 11.8 Å². The molecule has 3 rings (SSSR count). The van der Waals surface area contributed by atoms with Crippen LogP contribution in [-0.2, 0) is 28.6 Å². The molecule has 0 aromatic rings. The number of fused-ring (bicyclic) bond motifs is 3. The molecule has 7 nitrogen and oxygen atoms in total. The Bertz CT molecular complexity index is 762. The Labute approximate surface area is 157 Å². The van der Waals surface area contributed by atoms with Crippen LogP contribution < -0.4 is 0 Å². The van der Waals surface area contributed by atoms with Crippen LogP contribution in [0.4, 0.5) is 0 Å². The Morgan fingerprint density at radius 3 is 2.81 bits per heavy atom. The minimum atomic E-state index is -1.26. The summed E-state index contributed by atoms with van der Waals surface area (Å²) in [6.45, 7) is 8.65. The molecule has 1 saturated heterocycles. The molecule has 2 bridgehead atoms. The monoisotopic (exact) mass is 376 g/mol. The topological polar surface area (TPSA) is 99.1 Å². The van der Waals surface area contributed by atoms with Gasteiger partial charge in [0.1, 0.15) is 18.0 Å². The van der Waals surface area contributed by atoms with Gasteiger partial charge in [0.25, 0.3) is 0 Å².